The fourth-order valence-electron chi connectivity index (χ4n) is 6.38. The molecule has 2 saturated heterocycles. The van der Waals surface area contributed by atoms with Crippen LogP contribution in [0.1, 0.15) is 50.4 Å². The van der Waals surface area contributed by atoms with Gasteiger partial charge in [0.15, 0.2) is 5.65 Å². The number of fused-ring (bicyclic) bond motifs is 5. The molecule has 1 N–H and O–H groups in total. The lowest BCUT2D eigenvalue weighted by molar-refractivity contribution is -0.133. The second-order valence-electron chi connectivity index (χ2n) is 12.9. The highest BCUT2D eigenvalue weighted by Crippen LogP contribution is 2.27. The number of carbonyl (C=O) groups excluding carboxylic acids is 2. The largest absolute Gasteiger partial charge is 0.353 e. The van der Waals surface area contributed by atoms with Gasteiger partial charge in [-0.15, -0.1) is 0 Å². The molecule has 10 heteroatoms. The third-order valence-electron chi connectivity index (χ3n) is 8.56. The molecular formula is C32H41N7O3. The summed E-state index contributed by atoms with van der Waals surface area (Å²) in [6.45, 7) is 12.2. The molecule has 6 rings (SSSR count). The number of aryl methyl sites for hydroxylation is 1. The van der Waals surface area contributed by atoms with Gasteiger partial charge in [0.2, 0.25) is 11.3 Å². The molecule has 1 aromatic carbocycles. The van der Waals surface area contributed by atoms with E-state index in [1.54, 1.807) is 6.07 Å². The van der Waals surface area contributed by atoms with Gasteiger partial charge in [-0.05, 0) is 55.6 Å². The van der Waals surface area contributed by atoms with E-state index >= 15 is 0 Å². The first-order valence-electron chi connectivity index (χ1n) is 15.1. The van der Waals surface area contributed by atoms with E-state index in [-0.39, 0.29) is 28.2 Å². The molecule has 2 amide bonds. The molecule has 2 fully saturated rings. The normalized spacial score (nSPS) is 16.7. The fraction of sp³-hybridized carbons (Fsp3) is 0.500. The second kappa shape index (κ2) is 11.1. The average molecular weight is 572 g/mol. The van der Waals surface area contributed by atoms with Gasteiger partial charge < -0.3 is 24.6 Å². The number of aromatic nitrogens is 3. The Morgan fingerprint density at radius 3 is 2.31 bits per heavy atom. The smallest absolute Gasteiger partial charge is 0.259 e. The monoisotopic (exact) mass is 571 g/mol. The van der Waals surface area contributed by atoms with Crippen LogP contribution in [0, 0.1) is 5.41 Å². The zero-order valence-corrected chi connectivity index (χ0v) is 25.2. The van der Waals surface area contributed by atoms with E-state index < -0.39 is 0 Å². The number of nitrogens with one attached hydrogen (secondary N) is 1. The number of rotatable bonds is 6. The Hall–Kier alpha value is -3.92. The van der Waals surface area contributed by atoms with Gasteiger partial charge in [0.05, 0.1) is 16.4 Å². The summed E-state index contributed by atoms with van der Waals surface area (Å²) >= 11 is 0. The van der Waals surface area contributed by atoms with Crippen molar-refractivity contribution in [3.8, 4) is 0 Å². The molecule has 0 aliphatic carbocycles. The number of hydrogen-bond donors (Lipinski definition) is 1. The Balaban J connectivity index is 1.36. The number of piperazine rings is 1. The van der Waals surface area contributed by atoms with Crippen LogP contribution < -0.4 is 15.6 Å². The van der Waals surface area contributed by atoms with Gasteiger partial charge in [-0.3, -0.25) is 18.8 Å². The molecule has 10 nitrogen and oxygen atoms in total. The van der Waals surface area contributed by atoms with Crippen molar-refractivity contribution in [3.05, 3.63) is 52.2 Å². The van der Waals surface area contributed by atoms with Crippen molar-refractivity contribution < 1.29 is 9.59 Å². The van der Waals surface area contributed by atoms with Crippen molar-refractivity contribution in [2.45, 2.75) is 40.0 Å². The van der Waals surface area contributed by atoms with Crippen molar-refractivity contribution >= 4 is 45.3 Å². The van der Waals surface area contributed by atoms with Crippen molar-refractivity contribution in [3.63, 3.8) is 0 Å². The van der Waals surface area contributed by atoms with Crippen molar-refractivity contribution in [2.75, 3.05) is 57.3 Å². The van der Waals surface area contributed by atoms with Crippen molar-refractivity contribution in [1.29, 1.82) is 0 Å². The highest BCUT2D eigenvalue weighted by atomic mass is 16.2. The Bertz CT molecular complexity index is 1720. The molecular weight excluding hydrogens is 530 g/mol. The number of nitrogens with zero attached hydrogens (tertiary/aromatic N) is 6. The van der Waals surface area contributed by atoms with Crippen LogP contribution in [-0.4, -0.2) is 87.9 Å². The van der Waals surface area contributed by atoms with E-state index in [0.29, 0.717) is 55.8 Å². The first-order chi connectivity index (χ1) is 20.1. The zero-order chi connectivity index (χ0) is 29.6. The van der Waals surface area contributed by atoms with Crippen LogP contribution in [0.2, 0.25) is 0 Å². The van der Waals surface area contributed by atoms with E-state index in [4.69, 9.17) is 4.98 Å². The summed E-state index contributed by atoms with van der Waals surface area (Å²) in [5.74, 6) is 0.586. The molecule has 0 spiro atoms. The molecule has 222 valence electrons. The van der Waals surface area contributed by atoms with Gasteiger partial charge >= 0.3 is 0 Å². The topological polar surface area (TPSA) is 95.2 Å². The van der Waals surface area contributed by atoms with Gasteiger partial charge in [-0.1, -0.05) is 32.9 Å². The maximum absolute atomic E-state index is 14.0. The van der Waals surface area contributed by atoms with Crippen LogP contribution in [-0.2, 0) is 11.8 Å². The van der Waals surface area contributed by atoms with Crippen LogP contribution >= 0.6 is 0 Å². The number of likely N-dealkylation sites (tertiary alicyclic amines) is 1. The summed E-state index contributed by atoms with van der Waals surface area (Å²) < 4.78 is 3.87. The molecule has 5 heterocycles. The molecule has 3 aromatic heterocycles. The van der Waals surface area contributed by atoms with E-state index in [1.165, 1.54) is 12.8 Å². The Morgan fingerprint density at radius 2 is 1.62 bits per heavy atom. The van der Waals surface area contributed by atoms with Gasteiger partial charge in [0.25, 0.3) is 5.91 Å². The quantitative estimate of drug-likeness (QED) is 0.382. The lowest BCUT2D eigenvalue weighted by atomic mass is 9.91. The molecule has 0 saturated carbocycles. The average Bonchev–Trinajstić information content (AvgIpc) is 3.59. The summed E-state index contributed by atoms with van der Waals surface area (Å²) in [7, 11) is 1.89. The minimum absolute atomic E-state index is 0.0468. The maximum atomic E-state index is 14.0. The van der Waals surface area contributed by atoms with Crippen molar-refractivity contribution in [2.24, 2.45) is 12.5 Å². The molecule has 0 atom stereocenters. The number of benzene rings is 1. The fourth-order valence-corrected chi connectivity index (χ4v) is 6.38. The van der Waals surface area contributed by atoms with E-state index in [0.717, 1.165) is 36.5 Å². The summed E-state index contributed by atoms with van der Waals surface area (Å²) in [5.41, 5.74) is 2.64. The number of pyridine rings is 2. The standard InChI is InChI=1S/C32H41N7O3/c1-32(2,3)21-26(40)38-19-17-37(18-20-38)25-12-11-22-28(41)27(30(42)33-13-16-36-14-7-8-15-36)31-35(4)23-9-5-6-10-24(23)39(31)29(22)34-25/h5-6,9-12H,7-8,13-21H2,1-4H3,(H,33,42). The van der Waals surface area contributed by atoms with E-state index in [2.05, 4.69) is 35.9 Å². The van der Waals surface area contributed by atoms with Gasteiger partial charge in [0, 0.05) is 52.7 Å². The third kappa shape index (κ3) is 5.24. The Morgan fingerprint density at radius 1 is 0.929 bits per heavy atom. The SMILES string of the molecule is Cn1c2ccccc2n2c3nc(N4CCN(C(=O)CC(C)(C)C)CC4)ccc3c(=O)c(C(=O)NCCN3CCCC3)c12. The number of anilines is 1. The van der Waals surface area contributed by atoms with Gasteiger partial charge in [-0.25, -0.2) is 4.98 Å². The predicted octanol–water partition coefficient (Wildman–Crippen LogP) is 3.25. The number of carbonyl (C=O) groups is 2. The van der Waals surface area contributed by atoms with Crippen LogP contribution in [0.4, 0.5) is 5.82 Å². The number of amides is 2. The van der Waals surface area contributed by atoms with Crippen molar-refractivity contribution in [1.82, 2.24) is 29.1 Å². The maximum Gasteiger partial charge on any atom is 0.259 e. The zero-order valence-electron chi connectivity index (χ0n) is 25.2. The second-order valence-corrected chi connectivity index (χ2v) is 12.9. The number of imidazole rings is 1. The summed E-state index contributed by atoms with van der Waals surface area (Å²) in [5, 5.41) is 3.43. The third-order valence-corrected chi connectivity index (χ3v) is 8.56. The van der Waals surface area contributed by atoms with Gasteiger partial charge in [0.1, 0.15) is 17.0 Å². The highest BCUT2D eigenvalue weighted by molar-refractivity contribution is 6.05. The lowest BCUT2D eigenvalue weighted by Crippen LogP contribution is -2.49. The molecule has 2 aliphatic rings. The predicted molar refractivity (Wildman–Crippen MR) is 166 cm³/mol. The minimum atomic E-state index is -0.357. The molecule has 42 heavy (non-hydrogen) atoms. The number of hydrogen-bond acceptors (Lipinski definition) is 6. The first kappa shape index (κ1) is 28.2. The Kier molecular flexibility index (Phi) is 7.43. The van der Waals surface area contributed by atoms with Crippen LogP contribution in [0.25, 0.3) is 27.7 Å². The van der Waals surface area contributed by atoms with E-state index in [9.17, 15) is 14.4 Å². The van der Waals surface area contributed by atoms with Crippen LogP contribution in [0.15, 0.2) is 41.2 Å². The van der Waals surface area contributed by atoms with Gasteiger partial charge in [-0.2, -0.15) is 0 Å². The summed E-state index contributed by atoms with van der Waals surface area (Å²) in [6.07, 6.45) is 2.91. The Labute approximate surface area is 245 Å². The highest BCUT2D eigenvalue weighted by Gasteiger charge is 2.27. The minimum Gasteiger partial charge on any atom is -0.353 e. The van der Waals surface area contributed by atoms with E-state index in [1.807, 2.05) is 51.2 Å². The van der Waals surface area contributed by atoms with Crippen LogP contribution in [0.3, 0.4) is 0 Å². The summed E-state index contributed by atoms with van der Waals surface area (Å²) in [6, 6.07) is 11.6. The molecule has 2 aliphatic heterocycles. The molecule has 0 bridgehead atoms. The lowest BCUT2D eigenvalue weighted by Gasteiger charge is -2.36. The molecule has 0 unspecified atom stereocenters. The first-order valence-corrected chi connectivity index (χ1v) is 15.1. The summed E-state index contributed by atoms with van der Waals surface area (Å²) in [4.78, 5) is 51.8. The number of para-hydroxylation sites is 2. The van der Waals surface area contributed by atoms with Crippen LogP contribution in [0.5, 0.6) is 0 Å². The molecule has 0 radical (unpaired) electrons. The molecule has 4 aromatic rings.